The van der Waals surface area contributed by atoms with E-state index in [4.69, 9.17) is 9.15 Å². The van der Waals surface area contributed by atoms with Gasteiger partial charge < -0.3 is 14.5 Å². The van der Waals surface area contributed by atoms with Crippen molar-refractivity contribution >= 4 is 5.91 Å². The maximum atomic E-state index is 12.3. The highest BCUT2D eigenvalue weighted by atomic mass is 16.5. The Bertz CT molecular complexity index is 649. The van der Waals surface area contributed by atoms with Crippen LogP contribution in [0.5, 0.6) is 5.75 Å². The van der Waals surface area contributed by atoms with Gasteiger partial charge in [-0.15, -0.1) is 0 Å². The van der Waals surface area contributed by atoms with Gasteiger partial charge >= 0.3 is 0 Å². The smallest absolute Gasteiger partial charge is 0.251 e. The number of hydrogen-bond donors (Lipinski definition) is 1. The predicted octanol–water partition coefficient (Wildman–Crippen LogP) is 3.02. The predicted molar refractivity (Wildman–Crippen MR) is 89.8 cm³/mol. The third-order valence-corrected chi connectivity index (χ3v) is 3.58. The molecule has 0 bridgehead atoms. The molecule has 0 unspecified atom stereocenters. The monoisotopic (exact) mass is 316 g/mol. The van der Waals surface area contributed by atoms with Crippen LogP contribution in [0.15, 0.2) is 40.8 Å². The molecule has 0 fully saturated rings. The van der Waals surface area contributed by atoms with Gasteiger partial charge in [-0.25, -0.2) is 0 Å². The first-order valence-corrected chi connectivity index (χ1v) is 7.75. The molecule has 0 aliphatic rings. The average Bonchev–Trinajstić information content (AvgIpc) is 2.94. The minimum atomic E-state index is -0.123. The Morgan fingerprint density at radius 3 is 2.70 bits per heavy atom. The summed E-state index contributed by atoms with van der Waals surface area (Å²) >= 11 is 0. The van der Waals surface area contributed by atoms with Crippen LogP contribution in [-0.2, 0) is 0 Å². The number of nitrogens with one attached hydrogen (secondary N) is 1. The van der Waals surface area contributed by atoms with Crippen molar-refractivity contribution in [3.8, 4) is 5.75 Å². The zero-order chi connectivity index (χ0) is 16.8. The van der Waals surface area contributed by atoms with E-state index in [0.29, 0.717) is 24.5 Å². The molecule has 124 valence electrons. The van der Waals surface area contributed by atoms with Gasteiger partial charge in [-0.1, -0.05) is 6.07 Å². The number of furan rings is 1. The lowest BCUT2D eigenvalue weighted by Crippen LogP contribution is -2.34. The van der Waals surface area contributed by atoms with Crippen molar-refractivity contribution in [3.63, 3.8) is 0 Å². The first-order chi connectivity index (χ1) is 11.0. The Hall–Kier alpha value is -2.27. The summed E-state index contributed by atoms with van der Waals surface area (Å²) in [5.74, 6) is 2.28. The SMILES string of the molecule is CCOc1cccc(C(=O)NC[C@@H](c2ccc(C)o2)N(C)C)c1. The molecule has 1 N–H and O–H groups in total. The molecule has 5 heteroatoms. The lowest BCUT2D eigenvalue weighted by atomic mass is 10.1. The molecule has 1 amide bonds. The Morgan fingerprint density at radius 1 is 1.30 bits per heavy atom. The number of aryl methyl sites for hydroxylation is 1. The fourth-order valence-electron chi connectivity index (χ4n) is 2.36. The number of nitrogens with zero attached hydrogens (tertiary/aromatic N) is 1. The molecular formula is C18H24N2O3. The first kappa shape index (κ1) is 17.1. The highest BCUT2D eigenvalue weighted by molar-refractivity contribution is 5.94. The van der Waals surface area contributed by atoms with Crippen LogP contribution in [0.3, 0.4) is 0 Å². The normalized spacial score (nSPS) is 12.2. The molecular weight excluding hydrogens is 292 g/mol. The van der Waals surface area contributed by atoms with E-state index in [0.717, 1.165) is 11.5 Å². The van der Waals surface area contributed by atoms with Crippen LogP contribution in [0.4, 0.5) is 0 Å². The molecule has 5 nitrogen and oxygen atoms in total. The van der Waals surface area contributed by atoms with Crippen LogP contribution in [0.25, 0.3) is 0 Å². The summed E-state index contributed by atoms with van der Waals surface area (Å²) in [4.78, 5) is 14.4. The number of benzene rings is 1. The number of carbonyl (C=O) groups excluding carboxylic acids is 1. The molecule has 0 aliphatic heterocycles. The van der Waals surface area contributed by atoms with Gasteiger partial charge in [0.2, 0.25) is 0 Å². The van der Waals surface area contributed by atoms with Gasteiger partial charge in [0.25, 0.3) is 5.91 Å². The van der Waals surface area contributed by atoms with E-state index in [-0.39, 0.29) is 11.9 Å². The molecule has 0 aliphatic carbocycles. The van der Waals surface area contributed by atoms with Crippen molar-refractivity contribution in [1.82, 2.24) is 10.2 Å². The third-order valence-electron chi connectivity index (χ3n) is 3.58. The molecule has 0 spiro atoms. The second-order valence-corrected chi connectivity index (χ2v) is 5.60. The Kier molecular flexibility index (Phi) is 5.82. The first-order valence-electron chi connectivity index (χ1n) is 7.75. The van der Waals surface area contributed by atoms with Crippen molar-refractivity contribution in [3.05, 3.63) is 53.5 Å². The maximum absolute atomic E-state index is 12.3. The molecule has 0 radical (unpaired) electrons. The van der Waals surface area contributed by atoms with Gasteiger partial charge in [-0.05, 0) is 58.3 Å². The van der Waals surface area contributed by atoms with Crippen LogP contribution in [0.2, 0.25) is 0 Å². The number of carbonyl (C=O) groups is 1. The van der Waals surface area contributed by atoms with Crippen LogP contribution < -0.4 is 10.1 Å². The molecule has 1 aromatic heterocycles. The number of likely N-dealkylation sites (N-methyl/N-ethyl adjacent to an activating group) is 1. The summed E-state index contributed by atoms with van der Waals surface area (Å²) < 4.78 is 11.1. The zero-order valence-electron chi connectivity index (χ0n) is 14.1. The van der Waals surface area contributed by atoms with Crippen molar-refractivity contribution in [2.45, 2.75) is 19.9 Å². The van der Waals surface area contributed by atoms with Crippen LogP contribution >= 0.6 is 0 Å². The van der Waals surface area contributed by atoms with Gasteiger partial charge in [-0.3, -0.25) is 9.69 Å². The van der Waals surface area contributed by atoms with Gasteiger partial charge in [0.15, 0.2) is 0 Å². The fraction of sp³-hybridized carbons (Fsp3) is 0.389. The average molecular weight is 316 g/mol. The summed E-state index contributed by atoms with van der Waals surface area (Å²) in [7, 11) is 3.93. The largest absolute Gasteiger partial charge is 0.494 e. The summed E-state index contributed by atoms with van der Waals surface area (Å²) in [5, 5.41) is 2.96. The molecule has 0 saturated carbocycles. The van der Waals surface area contributed by atoms with Crippen molar-refractivity contribution < 1.29 is 13.9 Å². The zero-order valence-corrected chi connectivity index (χ0v) is 14.1. The minimum absolute atomic E-state index is 0.0114. The quantitative estimate of drug-likeness (QED) is 0.853. The molecule has 1 aromatic carbocycles. The Labute approximate surface area is 137 Å². The van der Waals surface area contributed by atoms with Gasteiger partial charge in [0.05, 0.1) is 12.6 Å². The number of hydrogen-bond acceptors (Lipinski definition) is 4. The van der Waals surface area contributed by atoms with Crippen LogP contribution in [0, 0.1) is 6.92 Å². The lowest BCUT2D eigenvalue weighted by Gasteiger charge is -2.22. The van der Waals surface area contributed by atoms with Crippen molar-refractivity contribution in [1.29, 1.82) is 0 Å². The number of rotatable bonds is 7. The number of amides is 1. The summed E-state index contributed by atoms with van der Waals surface area (Å²) in [5.41, 5.74) is 0.587. The lowest BCUT2D eigenvalue weighted by molar-refractivity contribution is 0.0938. The van der Waals surface area contributed by atoms with Gasteiger partial charge in [0.1, 0.15) is 17.3 Å². The van der Waals surface area contributed by atoms with E-state index < -0.39 is 0 Å². The topological polar surface area (TPSA) is 54.7 Å². The summed E-state index contributed by atoms with van der Waals surface area (Å²) in [6, 6.07) is 11.1. The van der Waals surface area contributed by atoms with Crippen LogP contribution in [-0.4, -0.2) is 38.1 Å². The van der Waals surface area contributed by atoms with Crippen LogP contribution in [0.1, 0.15) is 34.8 Å². The highest BCUT2D eigenvalue weighted by Gasteiger charge is 2.19. The Morgan fingerprint density at radius 2 is 2.09 bits per heavy atom. The minimum Gasteiger partial charge on any atom is -0.494 e. The third kappa shape index (κ3) is 4.60. The second kappa shape index (κ2) is 7.83. The molecule has 2 aromatic rings. The number of ether oxygens (including phenoxy) is 1. The summed E-state index contributed by atoms with van der Waals surface area (Å²) in [6.07, 6.45) is 0. The highest BCUT2D eigenvalue weighted by Crippen LogP contribution is 2.20. The molecule has 2 rings (SSSR count). The van der Waals surface area contributed by atoms with E-state index >= 15 is 0 Å². The van der Waals surface area contributed by atoms with Crippen molar-refractivity contribution in [2.75, 3.05) is 27.2 Å². The fourth-order valence-corrected chi connectivity index (χ4v) is 2.36. The van der Waals surface area contributed by atoms with E-state index in [1.54, 1.807) is 12.1 Å². The molecule has 1 atom stereocenters. The van der Waals surface area contributed by atoms with E-state index in [2.05, 4.69) is 5.32 Å². The van der Waals surface area contributed by atoms with E-state index in [1.165, 1.54) is 0 Å². The van der Waals surface area contributed by atoms with Gasteiger partial charge in [0, 0.05) is 12.1 Å². The molecule has 23 heavy (non-hydrogen) atoms. The summed E-state index contributed by atoms with van der Waals surface area (Å²) in [6.45, 7) is 4.87. The molecule has 0 saturated heterocycles. The van der Waals surface area contributed by atoms with Gasteiger partial charge in [-0.2, -0.15) is 0 Å². The van der Waals surface area contributed by atoms with E-state index in [1.807, 2.05) is 57.1 Å². The van der Waals surface area contributed by atoms with E-state index in [9.17, 15) is 4.79 Å². The Balaban J connectivity index is 2.03. The molecule has 1 heterocycles. The second-order valence-electron chi connectivity index (χ2n) is 5.60. The maximum Gasteiger partial charge on any atom is 0.251 e. The standard InChI is InChI=1S/C18H24N2O3/c1-5-22-15-8-6-7-14(11-15)18(21)19-12-16(20(3)4)17-10-9-13(2)23-17/h6-11,16H,5,12H2,1-4H3,(H,19,21)/t16-/m0/s1. The van der Waals surface area contributed by atoms with Crippen molar-refractivity contribution in [2.24, 2.45) is 0 Å².